The van der Waals surface area contributed by atoms with Crippen LogP contribution in [0.4, 0.5) is 5.95 Å². The molecule has 2 unspecified atom stereocenters. The standard InChI is InChI=1S/C25H20ClN5O3/c1-32-19-7-5-14(10-20(19)33-2)24-21-22(17-11-16(26)6-8-18(17)34-24)30-25-28-13-29-31(25)23(21)15-4-3-9-27-12-15/h3-13,23-24H,1-2H3,(H,28,29,30). The van der Waals surface area contributed by atoms with E-state index in [0.29, 0.717) is 28.2 Å². The first-order chi connectivity index (χ1) is 16.7. The molecule has 8 nitrogen and oxygen atoms in total. The number of rotatable bonds is 4. The van der Waals surface area contributed by atoms with Gasteiger partial charge in [-0.1, -0.05) is 23.7 Å². The van der Waals surface area contributed by atoms with Gasteiger partial charge in [0.1, 0.15) is 24.2 Å². The quantitative estimate of drug-likeness (QED) is 0.451. The molecule has 4 aromatic rings. The van der Waals surface area contributed by atoms with Crippen LogP contribution in [0.5, 0.6) is 17.2 Å². The van der Waals surface area contributed by atoms with Gasteiger partial charge in [0.25, 0.3) is 0 Å². The number of benzene rings is 2. The summed E-state index contributed by atoms with van der Waals surface area (Å²) in [6, 6.07) is 15.0. The predicted molar refractivity (Wildman–Crippen MR) is 127 cm³/mol. The van der Waals surface area contributed by atoms with E-state index in [0.717, 1.165) is 28.0 Å². The third-order valence-electron chi connectivity index (χ3n) is 6.09. The molecule has 2 aromatic heterocycles. The van der Waals surface area contributed by atoms with Gasteiger partial charge in [0.15, 0.2) is 11.5 Å². The Kier molecular flexibility index (Phi) is 4.88. The molecule has 2 atom stereocenters. The van der Waals surface area contributed by atoms with Gasteiger partial charge in [0.05, 0.1) is 19.9 Å². The van der Waals surface area contributed by atoms with Crippen LogP contribution in [0.2, 0.25) is 5.02 Å². The summed E-state index contributed by atoms with van der Waals surface area (Å²) in [6.45, 7) is 0. The van der Waals surface area contributed by atoms with Crippen molar-refractivity contribution in [1.29, 1.82) is 0 Å². The van der Waals surface area contributed by atoms with E-state index in [1.54, 1.807) is 20.4 Å². The summed E-state index contributed by atoms with van der Waals surface area (Å²) in [7, 11) is 3.23. The fraction of sp³-hybridized carbons (Fsp3) is 0.160. The van der Waals surface area contributed by atoms with Gasteiger partial charge in [0, 0.05) is 34.1 Å². The number of pyridine rings is 1. The first-order valence-electron chi connectivity index (χ1n) is 10.7. The molecule has 0 fully saturated rings. The summed E-state index contributed by atoms with van der Waals surface area (Å²) in [4.78, 5) is 8.80. The van der Waals surface area contributed by atoms with Crippen molar-refractivity contribution in [2.45, 2.75) is 12.1 Å². The van der Waals surface area contributed by atoms with Crippen LogP contribution >= 0.6 is 11.6 Å². The Morgan fingerprint density at radius 2 is 1.91 bits per heavy atom. The molecule has 9 heteroatoms. The third-order valence-corrected chi connectivity index (χ3v) is 6.32. The fourth-order valence-corrected chi connectivity index (χ4v) is 4.76. The molecule has 0 saturated heterocycles. The van der Waals surface area contributed by atoms with E-state index in [2.05, 4.69) is 20.4 Å². The maximum absolute atomic E-state index is 6.62. The van der Waals surface area contributed by atoms with Crippen molar-refractivity contribution in [3.8, 4) is 17.2 Å². The van der Waals surface area contributed by atoms with Crippen LogP contribution in [-0.2, 0) is 0 Å². The van der Waals surface area contributed by atoms with Crippen molar-refractivity contribution in [3.63, 3.8) is 0 Å². The molecular formula is C25H20ClN5O3. The van der Waals surface area contributed by atoms with Gasteiger partial charge < -0.3 is 19.5 Å². The Morgan fingerprint density at radius 1 is 1.03 bits per heavy atom. The molecule has 4 heterocycles. The number of halogens is 1. The van der Waals surface area contributed by atoms with Gasteiger partial charge in [-0.15, -0.1) is 0 Å². The number of anilines is 1. The Bertz CT molecular complexity index is 1420. The van der Waals surface area contributed by atoms with E-state index in [1.807, 2.05) is 59.4 Å². The average Bonchev–Trinajstić information content (AvgIpc) is 3.35. The molecule has 34 heavy (non-hydrogen) atoms. The van der Waals surface area contributed by atoms with Crippen molar-refractivity contribution in [3.05, 3.63) is 94.5 Å². The Balaban J connectivity index is 1.62. The lowest BCUT2D eigenvalue weighted by Gasteiger charge is -2.39. The molecule has 2 aromatic carbocycles. The Morgan fingerprint density at radius 3 is 2.71 bits per heavy atom. The summed E-state index contributed by atoms with van der Waals surface area (Å²) < 4.78 is 19.5. The highest BCUT2D eigenvalue weighted by atomic mass is 35.5. The highest BCUT2D eigenvalue weighted by molar-refractivity contribution is 6.30. The summed E-state index contributed by atoms with van der Waals surface area (Å²) in [5.41, 5.74) is 4.58. The molecule has 2 aliphatic rings. The van der Waals surface area contributed by atoms with Gasteiger partial charge in [-0.2, -0.15) is 10.1 Å². The molecule has 0 saturated carbocycles. The minimum Gasteiger partial charge on any atom is -0.493 e. The monoisotopic (exact) mass is 473 g/mol. The van der Waals surface area contributed by atoms with Crippen molar-refractivity contribution in [2.24, 2.45) is 0 Å². The molecule has 6 rings (SSSR count). The zero-order chi connectivity index (χ0) is 23.2. The molecule has 2 aliphatic heterocycles. The minimum atomic E-state index is -0.446. The van der Waals surface area contributed by atoms with Crippen LogP contribution in [0.1, 0.15) is 28.8 Å². The van der Waals surface area contributed by atoms with Crippen molar-refractivity contribution < 1.29 is 14.2 Å². The Hall–Kier alpha value is -4.04. The van der Waals surface area contributed by atoms with Gasteiger partial charge in [-0.3, -0.25) is 4.98 Å². The van der Waals surface area contributed by atoms with E-state index in [-0.39, 0.29) is 6.04 Å². The number of ether oxygens (including phenoxy) is 3. The number of nitrogens with one attached hydrogen (secondary N) is 1. The highest BCUT2D eigenvalue weighted by Crippen LogP contribution is 2.51. The molecule has 1 N–H and O–H groups in total. The van der Waals surface area contributed by atoms with Crippen LogP contribution < -0.4 is 19.5 Å². The third kappa shape index (κ3) is 3.18. The van der Waals surface area contributed by atoms with Crippen molar-refractivity contribution >= 4 is 23.2 Å². The zero-order valence-corrected chi connectivity index (χ0v) is 19.2. The number of aromatic nitrogens is 4. The lowest BCUT2D eigenvalue weighted by atomic mass is 9.85. The summed E-state index contributed by atoms with van der Waals surface area (Å²) in [5, 5.41) is 8.61. The summed E-state index contributed by atoms with van der Waals surface area (Å²) in [6.07, 6.45) is 4.68. The number of hydrogen-bond acceptors (Lipinski definition) is 7. The highest BCUT2D eigenvalue weighted by Gasteiger charge is 2.41. The Labute approximate surface area is 200 Å². The predicted octanol–water partition coefficient (Wildman–Crippen LogP) is 4.90. The second kappa shape index (κ2) is 8.07. The number of hydrogen-bond donors (Lipinski definition) is 1. The fourth-order valence-electron chi connectivity index (χ4n) is 4.59. The van der Waals surface area contributed by atoms with Crippen molar-refractivity contribution in [1.82, 2.24) is 19.7 Å². The molecule has 0 spiro atoms. The van der Waals surface area contributed by atoms with Crippen LogP contribution in [0.3, 0.4) is 0 Å². The maximum Gasteiger partial charge on any atom is 0.226 e. The largest absolute Gasteiger partial charge is 0.493 e. The van der Waals surface area contributed by atoms with Crippen LogP contribution in [0.15, 0.2) is 72.8 Å². The van der Waals surface area contributed by atoms with Crippen LogP contribution in [0.25, 0.3) is 5.70 Å². The second-order valence-electron chi connectivity index (χ2n) is 7.93. The van der Waals surface area contributed by atoms with E-state index < -0.39 is 6.10 Å². The molecule has 0 aliphatic carbocycles. The number of methoxy groups -OCH3 is 2. The summed E-state index contributed by atoms with van der Waals surface area (Å²) in [5.74, 6) is 2.61. The average molecular weight is 474 g/mol. The smallest absolute Gasteiger partial charge is 0.226 e. The lowest BCUT2D eigenvalue weighted by molar-refractivity contribution is 0.222. The lowest BCUT2D eigenvalue weighted by Crippen LogP contribution is -2.32. The zero-order valence-electron chi connectivity index (χ0n) is 18.4. The molecule has 170 valence electrons. The summed E-state index contributed by atoms with van der Waals surface area (Å²) >= 11 is 6.39. The van der Waals surface area contributed by atoms with Crippen LogP contribution in [-0.4, -0.2) is 34.0 Å². The van der Waals surface area contributed by atoms with Gasteiger partial charge >= 0.3 is 0 Å². The van der Waals surface area contributed by atoms with Gasteiger partial charge in [0.2, 0.25) is 5.95 Å². The first kappa shape index (κ1) is 20.6. The molecule has 0 radical (unpaired) electrons. The second-order valence-corrected chi connectivity index (χ2v) is 8.36. The molecule has 0 bridgehead atoms. The SMILES string of the molecule is COc1ccc(C2Oc3ccc(Cl)cc3C3=C2C(c2cccnc2)n2ncnc2N3)cc1OC. The van der Waals surface area contributed by atoms with E-state index >= 15 is 0 Å². The van der Waals surface area contributed by atoms with Crippen LogP contribution in [0, 0.1) is 0 Å². The maximum atomic E-state index is 6.62. The number of fused-ring (bicyclic) bond motifs is 3. The van der Waals surface area contributed by atoms with E-state index in [9.17, 15) is 0 Å². The van der Waals surface area contributed by atoms with Crippen molar-refractivity contribution in [2.75, 3.05) is 19.5 Å². The van der Waals surface area contributed by atoms with E-state index in [1.165, 1.54) is 6.33 Å². The van der Waals surface area contributed by atoms with Gasteiger partial charge in [-0.05, 0) is 42.0 Å². The minimum absolute atomic E-state index is 0.298. The normalized spacial score (nSPS) is 18.2. The van der Waals surface area contributed by atoms with Gasteiger partial charge in [-0.25, -0.2) is 4.68 Å². The van der Waals surface area contributed by atoms with E-state index in [4.69, 9.17) is 25.8 Å². The topological polar surface area (TPSA) is 83.3 Å². The molecular weight excluding hydrogens is 454 g/mol. The number of nitrogens with zero attached hydrogens (tertiary/aromatic N) is 4. The first-order valence-corrected chi connectivity index (χ1v) is 11.0. The molecule has 0 amide bonds.